The molecule has 0 amide bonds. The third-order valence-electron chi connectivity index (χ3n) is 8.74. The van der Waals surface area contributed by atoms with Crippen LogP contribution in [0.25, 0.3) is 0 Å². The Morgan fingerprint density at radius 3 is 1.19 bits per heavy atom. The van der Waals surface area contributed by atoms with E-state index >= 15 is 0 Å². The molecule has 0 heterocycles. The van der Waals surface area contributed by atoms with Gasteiger partial charge in [-0.1, -0.05) is 119 Å². The molecule has 0 atom stereocenters. The van der Waals surface area contributed by atoms with Gasteiger partial charge in [0.15, 0.2) is 0 Å². The Labute approximate surface area is 263 Å². The second kappa shape index (κ2) is 23.4. The lowest BCUT2D eigenvalue weighted by molar-refractivity contribution is 0.315. The van der Waals surface area contributed by atoms with Crippen LogP contribution in [0.2, 0.25) is 0 Å². The highest BCUT2D eigenvalue weighted by atomic mass is 16.4. The normalized spacial score (nSPS) is 10.8. The van der Waals surface area contributed by atoms with E-state index < -0.39 is 0 Å². The molecule has 0 fully saturated rings. The van der Waals surface area contributed by atoms with Crippen LogP contribution in [0.3, 0.4) is 0 Å². The van der Waals surface area contributed by atoms with E-state index in [4.69, 9.17) is 0 Å². The summed E-state index contributed by atoms with van der Waals surface area (Å²) in [4.78, 5) is 0. The molecule has 1 N–H and O–H groups in total. The lowest BCUT2D eigenvalue weighted by Gasteiger charge is -2.07. The zero-order valence-electron chi connectivity index (χ0n) is 27.3. The van der Waals surface area contributed by atoms with E-state index in [1.165, 1.54) is 114 Å². The lowest BCUT2D eigenvalue weighted by atomic mass is 9.99. The number of aryl methyl sites for hydroxylation is 4. The van der Waals surface area contributed by atoms with Gasteiger partial charge in [0.2, 0.25) is 0 Å². The van der Waals surface area contributed by atoms with Crippen molar-refractivity contribution in [3.05, 3.63) is 69.8 Å². The van der Waals surface area contributed by atoms with E-state index in [0.717, 1.165) is 66.5 Å². The van der Waals surface area contributed by atoms with Crippen LogP contribution < -0.4 is 0 Å². The monoisotopic (exact) mass is 583 g/mol. The van der Waals surface area contributed by atoms with Crippen molar-refractivity contribution in [3.63, 3.8) is 0 Å². The number of hydrogen-bond donors (Lipinski definition) is 1. The van der Waals surface area contributed by atoms with Crippen LogP contribution >= 0.6 is 0 Å². The summed E-state index contributed by atoms with van der Waals surface area (Å²) in [7, 11) is 0. The third kappa shape index (κ3) is 16.4. The Bertz CT molecular complexity index is 1070. The molecule has 2 rings (SSSR count). The number of nitrogens with zero attached hydrogens (tertiary/aromatic N) is 3. The van der Waals surface area contributed by atoms with Crippen molar-refractivity contribution in [2.24, 2.45) is 5.16 Å². The van der Waals surface area contributed by atoms with E-state index in [9.17, 15) is 15.7 Å². The van der Waals surface area contributed by atoms with E-state index in [1.54, 1.807) is 0 Å². The fourth-order valence-corrected chi connectivity index (χ4v) is 6.01. The molecule has 0 aliphatic rings. The Morgan fingerprint density at radius 2 is 0.860 bits per heavy atom. The summed E-state index contributed by atoms with van der Waals surface area (Å²) in [6, 6.07) is 17.1. The first kappa shape index (κ1) is 36.1. The van der Waals surface area contributed by atoms with Gasteiger partial charge in [0.25, 0.3) is 0 Å². The molecule has 0 radical (unpaired) electrons. The van der Waals surface area contributed by atoms with Gasteiger partial charge in [0.1, 0.15) is 0 Å². The van der Waals surface area contributed by atoms with Crippen molar-refractivity contribution in [1.29, 1.82) is 10.5 Å². The second-order valence-corrected chi connectivity index (χ2v) is 12.6. The Morgan fingerprint density at radius 1 is 0.535 bits per heavy atom. The van der Waals surface area contributed by atoms with Gasteiger partial charge in [0, 0.05) is 0 Å². The van der Waals surface area contributed by atoms with Gasteiger partial charge >= 0.3 is 0 Å². The Balaban J connectivity index is 1.34. The molecule has 0 aromatic heterocycles. The molecule has 0 spiro atoms. The van der Waals surface area contributed by atoms with Crippen LogP contribution in [-0.2, 0) is 12.8 Å². The summed E-state index contributed by atoms with van der Waals surface area (Å²) >= 11 is 0. The van der Waals surface area contributed by atoms with Gasteiger partial charge in [-0.15, -0.1) is 0 Å². The van der Waals surface area contributed by atoms with Crippen LogP contribution in [0, 0.1) is 36.5 Å². The first-order chi connectivity index (χ1) is 21.1. The van der Waals surface area contributed by atoms with Crippen molar-refractivity contribution in [1.82, 2.24) is 0 Å². The number of benzene rings is 2. The molecule has 0 saturated carbocycles. The number of nitriles is 2. The van der Waals surface area contributed by atoms with Crippen LogP contribution in [-0.4, -0.2) is 10.9 Å². The third-order valence-corrected chi connectivity index (χ3v) is 8.74. The van der Waals surface area contributed by atoms with E-state index in [0.29, 0.717) is 0 Å². The van der Waals surface area contributed by atoms with E-state index in [2.05, 4.69) is 41.6 Å². The molecule has 43 heavy (non-hydrogen) atoms. The fourth-order valence-electron chi connectivity index (χ4n) is 6.01. The SMILES string of the molecule is Cc1ccc(CCCCCCCCCCCC(CCCCCCCCCCCc2ccc(C)cc2C#N)=NO)c(C#N)c1. The van der Waals surface area contributed by atoms with Crippen LogP contribution in [0.1, 0.15) is 162 Å². The van der Waals surface area contributed by atoms with Gasteiger partial charge in [-0.25, -0.2) is 0 Å². The summed E-state index contributed by atoms with van der Waals surface area (Å²) in [5.74, 6) is 0. The van der Waals surface area contributed by atoms with Crippen LogP contribution in [0.5, 0.6) is 0 Å². The number of hydrogen-bond acceptors (Lipinski definition) is 4. The van der Waals surface area contributed by atoms with Crippen molar-refractivity contribution in [3.8, 4) is 12.1 Å². The summed E-state index contributed by atoms with van der Waals surface area (Å²) in [6.45, 7) is 4.08. The molecule has 0 bridgehead atoms. The first-order valence-corrected chi connectivity index (χ1v) is 17.3. The zero-order chi connectivity index (χ0) is 31.0. The van der Waals surface area contributed by atoms with Crippen molar-refractivity contribution >= 4 is 5.71 Å². The minimum atomic E-state index is 0.843. The summed E-state index contributed by atoms with van der Waals surface area (Å²) in [5, 5.41) is 31.6. The molecule has 4 heteroatoms. The largest absolute Gasteiger partial charge is 0.411 e. The molecule has 0 saturated heterocycles. The maximum Gasteiger partial charge on any atom is 0.0994 e. The Kier molecular flexibility index (Phi) is 19.6. The lowest BCUT2D eigenvalue weighted by Crippen LogP contribution is -1.99. The maximum atomic E-state index is 9.40. The number of oxime groups is 1. The van der Waals surface area contributed by atoms with Gasteiger partial charge in [-0.2, -0.15) is 10.5 Å². The van der Waals surface area contributed by atoms with Crippen LogP contribution in [0.4, 0.5) is 0 Å². The van der Waals surface area contributed by atoms with E-state index in [-0.39, 0.29) is 0 Å². The topological polar surface area (TPSA) is 80.2 Å². The molecule has 2 aromatic rings. The quantitative estimate of drug-likeness (QED) is 0.0577. The molecular formula is C39H57N3O. The minimum absolute atomic E-state index is 0.843. The summed E-state index contributed by atoms with van der Waals surface area (Å²) in [6.07, 6.45) is 26.4. The number of rotatable bonds is 24. The number of unbranched alkanes of at least 4 members (excludes halogenated alkanes) is 16. The standard InChI is InChI=1S/C39H57N3O/c1-33-25-27-35(37(29-33)31-40)21-17-13-9-5-3-7-11-15-19-23-39(42-43)24-20-16-12-8-4-6-10-14-18-22-36-28-26-34(2)30-38(36)32-41/h25-30,43H,3-24H2,1-2H3. The maximum absolute atomic E-state index is 9.40. The highest BCUT2D eigenvalue weighted by molar-refractivity contribution is 5.83. The fraction of sp³-hybridized carbons (Fsp3) is 0.615. The smallest absolute Gasteiger partial charge is 0.0994 e. The van der Waals surface area contributed by atoms with Crippen molar-refractivity contribution in [2.45, 2.75) is 155 Å². The summed E-state index contributed by atoms with van der Waals surface area (Å²) in [5.41, 5.74) is 7.39. The highest BCUT2D eigenvalue weighted by Gasteiger charge is 2.05. The average Bonchev–Trinajstić information content (AvgIpc) is 3.02. The molecule has 0 unspecified atom stereocenters. The second-order valence-electron chi connectivity index (χ2n) is 12.6. The first-order valence-electron chi connectivity index (χ1n) is 17.3. The molecule has 4 nitrogen and oxygen atoms in total. The van der Waals surface area contributed by atoms with Crippen molar-refractivity contribution in [2.75, 3.05) is 0 Å². The highest BCUT2D eigenvalue weighted by Crippen LogP contribution is 2.18. The zero-order valence-corrected chi connectivity index (χ0v) is 27.3. The van der Waals surface area contributed by atoms with Gasteiger partial charge in [-0.05, 0) is 99.6 Å². The van der Waals surface area contributed by atoms with Gasteiger partial charge < -0.3 is 5.21 Å². The molecule has 234 valence electrons. The van der Waals surface area contributed by atoms with E-state index in [1.807, 2.05) is 26.0 Å². The average molecular weight is 584 g/mol. The molecule has 2 aromatic carbocycles. The van der Waals surface area contributed by atoms with Gasteiger partial charge in [-0.3, -0.25) is 0 Å². The van der Waals surface area contributed by atoms with Crippen LogP contribution in [0.15, 0.2) is 41.6 Å². The minimum Gasteiger partial charge on any atom is -0.411 e. The van der Waals surface area contributed by atoms with Gasteiger partial charge in [0.05, 0.1) is 29.0 Å². The molecule has 0 aliphatic carbocycles. The molecule has 0 aliphatic heterocycles. The summed E-state index contributed by atoms with van der Waals surface area (Å²) < 4.78 is 0. The molecular weight excluding hydrogens is 526 g/mol. The predicted molar refractivity (Wildman–Crippen MR) is 181 cm³/mol. The van der Waals surface area contributed by atoms with Crippen molar-refractivity contribution < 1.29 is 5.21 Å². The predicted octanol–water partition coefficient (Wildman–Crippen LogP) is 11.5. The Hall–Kier alpha value is -3.11.